The summed E-state index contributed by atoms with van der Waals surface area (Å²) in [5, 5.41) is 9.51. The predicted octanol–water partition coefficient (Wildman–Crippen LogP) is 3.45. The molecular formula is C13H18O2. The summed E-state index contributed by atoms with van der Waals surface area (Å²) in [5.74, 6) is 1.83. The summed E-state index contributed by atoms with van der Waals surface area (Å²) in [6, 6.07) is 5.40. The van der Waals surface area contributed by atoms with Crippen molar-refractivity contribution in [3.05, 3.63) is 23.8 Å². The monoisotopic (exact) mass is 206 g/mol. The van der Waals surface area contributed by atoms with E-state index in [-0.39, 0.29) is 0 Å². The zero-order valence-corrected chi connectivity index (χ0v) is 9.20. The van der Waals surface area contributed by atoms with Crippen LogP contribution < -0.4 is 4.74 Å². The highest BCUT2D eigenvalue weighted by Gasteiger charge is 2.19. The Morgan fingerprint density at radius 3 is 2.60 bits per heavy atom. The Bertz CT molecular complexity index is 327. The fraction of sp³-hybridized carbons (Fsp3) is 0.538. The van der Waals surface area contributed by atoms with E-state index in [9.17, 15) is 5.11 Å². The highest BCUT2D eigenvalue weighted by Crippen LogP contribution is 2.38. The van der Waals surface area contributed by atoms with E-state index in [0.717, 1.165) is 5.75 Å². The first-order chi connectivity index (χ1) is 7.31. The summed E-state index contributed by atoms with van der Waals surface area (Å²) < 4.78 is 5.34. The lowest BCUT2D eigenvalue weighted by atomic mass is 9.83. The average molecular weight is 206 g/mol. The normalized spacial score (nSPS) is 17.7. The Morgan fingerprint density at radius 2 is 1.93 bits per heavy atom. The SMILES string of the molecule is COc1ccc(O)cc1C1CCCCC1. The number of methoxy groups -OCH3 is 1. The van der Waals surface area contributed by atoms with Crippen molar-refractivity contribution in [1.82, 2.24) is 0 Å². The Labute approximate surface area is 90.9 Å². The van der Waals surface area contributed by atoms with Gasteiger partial charge in [0, 0.05) is 5.56 Å². The molecule has 0 aliphatic heterocycles. The highest BCUT2D eigenvalue weighted by molar-refractivity contribution is 5.42. The average Bonchev–Trinajstić information content (AvgIpc) is 2.30. The van der Waals surface area contributed by atoms with Gasteiger partial charge in [0.25, 0.3) is 0 Å². The van der Waals surface area contributed by atoms with Gasteiger partial charge in [0.1, 0.15) is 11.5 Å². The second-order valence-electron chi connectivity index (χ2n) is 4.26. The van der Waals surface area contributed by atoms with Gasteiger partial charge in [-0.3, -0.25) is 0 Å². The molecule has 2 nitrogen and oxygen atoms in total. The summed E-state index contributed by atoms with van der Waals surface area (Å²) in [7, 11) is 1.69. The first-order valence-electron chi connectivity index (χ1n) is 5.68. The number of ether oxygens (including phenoxy) is 1. The lowest BCUT2D eigenvalue weighted by Crippen LogP contribution is -2.06. The molecule has 1 aromatic carbocycles. The molecule has 0 aromatic heterocycles. The van der Waals surface area contributed by atoms with Gasteiger partial charge in [-0.15, -0.1) is 0 Å². The van der Waals surface area contributed by atoms with Crippen molar-refractivity contribution in [2.45, 2.75) is 38.0 Å². The molecule has 1 aliphatic rings. The standard InChI is InChI=1S/C13H18O2/c1-15-13-8-7-11(14)9-12(13)10-5-3-2-4-6-10/h7-10,14H,2-6H2,1H3. The molecule has 15 heavy (non-hydrogen) atoms. The summed E-state index contributed by atoms with van der Waals surface area (Å²) in [4.78, 5) is 0. The molecule has 0 saturated heterocycles. The van der Waals surface area contributed by atoms with E-state index in [2.05, 4.69) is 0 Å². The maximum absolute atomic E-state index is 9.51. The van der Waals surface area contributed by atoms with Gasteiger partial charge in [0.05, 0.1) is 7.11 Å². The van der Waals surface area contributed by atoms with Crippen LogP contribution in [-0.2, 0) is 0 Å². The topological polar surface area (TPSA) is 29.5 Å². The summed E-state index contributed by atoms with van der Waals surface area (Å²) in [6.45, 7) is 0. The molecule has 0 spiro atoms. The Balaban J connectivity index is 2.27. The molecule has 82 valence electrons. The quantitative estimate of drug-likeness (QED) is 0.803. The predicted molar refractivity (Wildman–Crippen MR) is 60.5 cm³/mol. The molecule has 2 rings (SSSR count). The van der Waals surface area contributed by atoms with Crippen molar-refractivity contribution < 1.29 is 9.84 Å². The van der Waals surface area contributed by atoms with Crippen LogP contribution in [0, 0.1) is 0 Å². The van der Waals surface area contributed by atoms with Crippen LogP contribution in [0.1, 0.15) is 43.6 Å². The molecule has 1 aliphatic carbocycles. The minimum Gasteiger partial charge on any atom is -0.508 e. The number of phenols is 1. The van der Waals surface area contributed by atoms with Gasteiger partial charge >= 0.3 is 0 Å². The number of benzene rings is 1. The summed E-state index contributed by atoms with van der Waals surface area (Å²) in [6.07, 6.45) is 6.38. The minimum absolute atomic E-state index is 0.344. The minimum atomic E-state index is 0.344. The van der Waals surface area contributed by atoms with Crippen molar-refractivity contribution in [3.63, 3.8) is 0 Å². The first-order valence-corrected chi connectivity index (χ1v) is 5.68. The smallest absolute Gasteiger partial charge is 0.122 e. The van der Waals surface area contributed by atoms with Crippen molar-refractivity contribution in [2.75, 3.05) is 7.11 Å². The van der Waals surface area contributed by atoms with Crippen LogP contribution in [0.3, 0.4) is 0 Å². The maximum Gasteiger partial charge on any atom is 0.122 e. The molecule has 1 N–H and O–H groups in total. The molecular weight excluding hydrogens is 188 g/mol. The summed E-state index contributed by atoms with van der Waals surface area (Å²) >= 11 is 0. The molecule has 1 saturated carbocycles. The van der Waals surface area contributed by atoms with Crippen LogP contribution in [-0.4, -0.2) is 12.2 Å². The van der Waals surface area contributed by atoms with Crippen LogP contribution in [0.15, 0.2) is 18.2 Å². The van der Waals surface area contributed by atoms with Gasteiger partial charge in [-0.1, -0.05) is 19.3 Å². The van der Waals surface area contributed by atoms with E-state index in [1.165, 1.54) is 37.7 Å². The van der Waals surface area contributed by atoms with Gasteiger partial charge < -0.3 is 9.84 Å². The van der Waals surface area contributed by atoms with Crippen molar-refractivity contribution in [3.8, 4) is 11.5 Å². The van der Waals surface area contributed by atoms with Gasteiger partial charge in [-0.25, -0.2) is 0 Å². The molecule has 1 aromatic rings. The van der Waals surface area contributed by atoms with E-state index in [4.69, 9.17) is 4.74 Å². The number of aromatic hydroxyl groups is 1. The Morgan fingerprint density at radius 1 is 1.20 bits per heavy atom. The van der Waals surface area contributed by atoms with E-state index in [1.807, 2.05) is 12.1 Å². The highest BCUT2D eigenvalue weighted by atomic mass is 16.5. The number of hydrogen-bond donors (Lipinski definition) is 1. The number of hydrogen-bond acceptors (Lipinski definition) is 2. The van der Waals surface area contributed by atoms with Gasteiger partial charge in [0.2, 0.25) is 0 Å². The Kier molecular flexibility index (Phi) is 3.14. The van der Waals surface area contributed by atoms with E-state index in [0.29, 0.717) is 11.7 Å². The van der Waals surface area contributed by atoms with Crippen LogP contribution in [0.25, 0.3) is 0 Å². The zero-order valence-electron chi connectivity index (χ0n) is 9.20. The fourth-order valence-corrected chi connectivity index (χ4v) is 2.45. The van der Waals surface area contributed by atoms with Crippen molar-refractivity contribution in [1.29, 1.82) is 0 Å². The van der Waals surface area contributed by atoms with Crippen LogP contribution in [0.5, 0.6) is 11.5 Å². The van der Waals surface area contributed by atoms with Crippen molar-refractivity contribution >= 4 is 0 Å². The van der Waals surface area contributed by atoms with Gasteiger partial charge in [0.15, 0.2) is 0 Å². The molecule has 0 atom stereocenters. The van der Waals surface area contributed by atoms with Crippen LogP contribution in [0.2, 0.25) is 0 Å². The fourth-order valence-electron chi connectivity index (χ4n) is 2.45. The molecule has 0 radical (unpaired) electrons. The first kappa shape index (κ1) is 10.3. The third kappa shape index (κ3) is 2.25. The maximum atomic E-state index is 9.51. The van der Waals surface area contributed by atoms with Crippen LogP contribution >= 0.6 is 0 Å². The van der Waals surface area contributed by atoms with E-state index in [1.54, 1.807) is 13.2 Å². The largest absolute Gasteiger partial charge is 0.508 e. The zero-order chi connectivity index (χ0) is 10.7. The Hall–Kier alpha value is -1.18. The number of rotatable bonds is 2. The molecule has 1 fully saturated rings. The molecule has 0 amide bonds. The van der Waals surface area contributed by atoms with Crippen molar-refractivity contribution in [2.24, 2.45) is 0 Å². The molecule has 2 heteroatoms. The lowest BCUT2D eigenvalue weighted by molar-refractivity contribution is 0.384. The third-order valence-corrected chi connectivity index (χ3v) is 3.26. The molecule has 0 heterocycles. The van der Waals surface area contributed by atoms with E-state index < -0.39 is 0 Å². The van der Waals surface area contributed by atoms with E-state index >= 15 is 0 Å². The second kappa shape index (κ2) is 4.56. The molecule has 0 unspecified atom stereocenters. The summed E-state index contributed by atoms with van der Waals surface area (Å²) in [5.41, 5.74) is 1.18. The van der Waals surface area contributed by atoms with Gasteiger partial charge in [-0.05, 0) is 37.0 Å². The van der Waals surface area contributed by atoms with Crippen LogP contribution in [0.4, 0.5) is 0 Å². The van der Waals surface area contributed by atoms with Gasteiger partial charge in [-0.2, -0.15) is 0 Å². The third-order valence-electron chi connectivity index (χ3n) is 3.26. The molecule has 0 bridgehead atoms. The second-order valence-corrected chi connectivity index (χ2v) is 4.26. The lowest BCUT2D eigenvalue weighted by Gasteiger charge is -2.23. The number of phenolic OH excluding ortho intramolecular Hbond substituents is 1.